The first-order valence-electron chi connectivity index (χ1n) is 12.6. The standard InChI is InChI=1S/2C10H7F2N2.2C5H5.Ti/c2*11-8-1-2-10(9(12)7-8)14-5-3-13-4-6-14;2*1-2-4-5-3-1;/h2*1-5H,6H2;2*1-5H;. The molecule has 0 saturated heterocycles. The normalized spacial score (nSPS) is 18.5. The molecule has 0 saturated carbocycles. The van der Waals surface area contributed by atoms with Crippen molar-refractivity contribution in [2.75, 3.05) is 22.9 Å². The van der Waals surface area contributed by atoms with Gasteiger partial charge >= 0.3 is 228 Å². The summed E-state index contributed by atoms with van der Waals surface area (Å²) in [6.07, 6.45) is 23.8. The van der Waals surface area contributed by atoms with Crippen molar-refractivity contribution in [1.82, 2.24) is 0 Å². The van der Waals surface area contributed by atoms with Crippen molar-refractivity contribution in [3.8, 4) is 0 Å². The van der Waals surface area contributed by atoms with Gasteiger partial charge in [-0.3, -0.25) is 0 Å². The molecule has 0 fully saturated rings. The monoisotopic (exact) mass is 564 g/mol. The molecule has 0 atom stereocenters. The SMILES string of the molecule is Fc1ccc(N2C=CN=CC2)c(F)[c]1[Ti]([c]1c(F)ccc(N2C=CN=CC2)c1F)([CH]1C=CC=C1)[CH]1C=CC=C1. The number of allylic oxidation sites excluding steroid dienone is 8. The van der Waals surface area contributed by atoms with Crippen molar-refractivity contribution in [2.24, 2.45) is 9.98 Å². The number of nitrogens with zero attached hydrogens (tertiary/aromatic N) is 4. The molecule has 0 spiro atoms. The Hall–Kier alpha value is -3.75. The molecule has 6 rings (SSSR count). The fourth-order valence-electron chi connectivity index (χ4n) is 5.88. The Kier molecular flexibility index (Phi) is 6.83. The van der Waals surface area contributed by atoms with Gasteiger partial charge in [0.15, 0.2) is 0 Å². The van der Waals surface area contributed by atoms with Crippen molar-refractivity contribution in [3.63, 3.8) is 0 Å². The maximum absolute atomic E-state index is 16.8. The molecule has 2 aliphatic heterocycles. The maximum atomic E-state index is 16.8. The van der Waals surface area contributed by atoms with Gasteiger partial charge in [-0.25, -0.2) is 0 Å². The van der Waals surface area contributed by atoms with Crippen LogP contribution in [-0.2, 0) is 16.6 Å². The summed E-state index contributed by atoms with van der Waals surface area (Å²) in [6, 6.07) is 5.15. The second kappa shape index (κ2) is 10.4. The minimum atomic E-state index is -4.85. The molecular weight excluding hydrogens is 540 g/mol. The summed E-state index contributed by atoms with van der Waals surface area (Å²) >= 11 is -4.85. The zero-order valence-electron chi connectivity index (χ0n) is 20.8. The van der Waals surface area contributed by atoms with Gasteiger partial charge in [0.25, 0.3) is 0 Å². The van der Waals surface area contributed by atoms with Gasteiger partial charge in [0, 0.05) is 0 Å². The molecule has 39 heavy (non-hydrogen) atoms. The summed E-state index contributed by atoms with van der Waals surface area (Å²) in [5, 5.41) is 0. The van der Waals surface area contributed by atoms with E-state index >= 15 is 17.6 Å². The van der Waals surface area contributed by atoms with Crippen molar-refractivity contribution >= 4 is 31.5 Å². The summed E-state index contributed by atoms with van der Waals surface area (Å²) in [4.78, 5) is 11.3. The van der Waals surface area contributed by atoms with E-state index in [2.05, 4.69) is 9.98 Å². The van der Waals surface area contributed by atoms with E-state index in [4.69, 9.17) is 0 Å². The molecule has 0 bridgehead atoms. The zero-order chi connectivity index (χ0) is 27.0. The second-order valence-electron chi connectivity index (χ2n) is 9.54. The Bertz CT molecular complexity index is 1410. The molecule has 0 amide bonds. The van der Waals surface area contributed by atoms with Crippen molar-refractivity contribution < 1.29 is 34.2 Å². The first-order chi connectivity index (χ1) is 19.0. The van der Waals surface area contributed by atoms with E-state index in [1.54, 1.807) is 58.9 Å². The van der Waals surface area contributed by atoms with Crippen molar-refractivity contribution in [2.45, 2.75) is 8.45 Å². The zero-order valence-corrected chi connectivity index (χ0v) is 22.3. The summed E-state index contributed by atoms with van der Waals surface area (Å²) in [5.74, 6) is -3.21. The Labute approximate surface area is 227 Å². The number of halogens is 4. The molecule has 4 nitrogen and oxygen atoms in total. The average Bonchev–Trinajstić information content (AvgIpc) is 3.69. The summed E-state index contributed by atoms with van der Waals surface area (Å²) < 4.78 is 64.4. The third-order valence-electron chi connectivity index (χ3n) is 7.57. The fourth-order valence-corrected chi connectivity index (χ4v) is 14.7. The molecule has 0 unspecified atom stereocenters. The molecule has 0 radical (unpaired) electrons. The van der Waals surface area contributed by atoms with E-state index in [9.17, 15) is 0 Å². The minimum absolute atomic E-state index is 0.132. The number of hydrogen-bond donors (Lipinski definition) is 0. The molecule has 9 heteroatoms. The molecule has 2 aromatic rings. The van der Waals surface area contributed by atoms with Gasteiger partial charge in [0.1, 0.15) is 0 Å². The van der Waals surface area contributed by atoms with Gasteiger partial charge in [-0.1, -0.05) is 0 Å². The topological polar surface area (TPSA) is 31.2 Å². The van der Waals surface area contributed by atoms with Gasteiger partial charge < -0.3 is 0 Å². The van der Waals surface area contributed by atoms with Gasteiger partial charge in [0.05, 0.1) is 0 Å². The Morgan fingerprint density at radius 1 is 0.615 bits per heavy atom. The number of anilines is 2. The molecule has 0 aromatic heterocycles. The number of hydrogen-bond acceptors (Lipinski definition) is 4. The third-order valence-corrected chi connectivity index (χ3v) is 16.1. The summed E-state index contributed by atoms with van der Waals surface area (Å²) in [5.41, 5.74) is 0.265. The van der Waals surface area contributed by atoms with Crippen LogP contribution in [0.2, 0.25) is 8.45 Å². The average molecular weight is 564 g/mol. The Morgan fingerprint density at radius 3 is 1.38 bits per heavy atom. The molecule has 2 aromatic carbocycles. The molecule has 2 heterocycles. The number of benzene rings is 2. The number of rotatable bonds is 6. The summed E-state index contributed by atoms with van der Waals surface area (Å²) in [6.45, 7) is 0.567. The van der Waals surface area contributed by atoms with Crippen molar-refractivity contribution in [1.29, 1.82) is 0 Å². The van der Waals surface area contributed by atoms with Gasteiger partial charge in [-0.2, -0.15) is 0 Å². The molecule has 4 aliphatic rings. The van der Waals surface area contributed by atoms with Crippen LogP contribution in [0.5, 0.6) is 0 Å². The first-order valence-corrected chi connectivity index (χ1v) is 16.0. The molecule has 2 aliphatic carbocycles. The van der Waals surface area contributed by atoms with Crippen LogP contribution in [0.1, 0.15) is 0 Å². The van der Waals surface area contributed by atoms with Gasteiger partial charge in [-0.15, -0.1) is 0 Å². The first kappa shape index (κ1) is 25.5. The van der Waals surface area contributed by atoms with Crippen molar-refractivity contribution in [3.05, 3.63) is 121 Å². The van der Waals surface area contributed by atoms with E-state index < -0.39 is 48.3 Å². The van der Waals surface area contributed by atoms with Gasteiger partial charge in [0.2, 0.25) is 0 Å². The van der Waals surface area contributed by atoms with Crippen LogP contribution in [-0.4, -0.2) is 25.5 Å². The van der Waals surface area contributed by atoms with E-state index in [0.717, 1.165) is 0 Å². The van der Waals surface area contributed by atoms with Crippen LogP contribution in [0, 0.1) is 23.3 Å². The van der Waals surface area contributed by atoms with E-state index in [0.29, 0.717) is 0 Å². The molecular formula is C30H24F4N4Ti. The number of aliphatic imine (C=N–C) groups is 2. The summed E-state index contributed by atoms with van der Waals surface area (Å²) in [7, 11) is 0. The van der Waals surface area contributed by atoms with Crippen LogP contribution in [0.3, 0.4) is 0 Å². The van der Waals surface area contributed by atoms with E-state index in [1.165, 1.54) is 36.7 Å². The fraction of sp³-hybridized carbons (Fsp3) is 0.133. The molecule has 0 N–H and O–H groups in total. The van der Waals surface area contributed by atoms with E-state index in [-0.39, 0.29) is 32.2 Å². The van der Waals surface area contributed by atoms with Crippen LogP contribution in [0.4, 0.5) is 28.9 Å². The van der Waals surface area contributed by atoms with E-state index in [1.807, 2.05) is 24.3 Å². The predicted octanol–water partition coefficient (Wildman–Crippen LogP) is 5.90. The Morgan fingerprint density at radius 2 is 1.03 bits per heavy atom. The van der Waals surface area contributed by atoms with Crippen LogP contribution < -0.4 is 17.5 Å². The second-order valence-corrected chi connectivity index (χ2v) is 15.9. The van der Waals surface area contributed by atoms with Gasteiger partial charge in [-0.05, 0) is 0 Å². The third kappa shape index (κ3) is 4.19. The van der Waals surface area contributed by atoms with Crippen LogP contribution >= 0.6 is 0 Å². The van der Waals surface area contributed by atoms with Crippen LogP contribution in [0.25, 0.3) is 0 Å². The Balaban J connectivity index is 1.69. The predicted molar refractivity (Wildman–Crippen MR) is 146 cm³/mol. The quantitative estimate of drug-likeness (QED) is 0.323. The molecule has 196 valence electrons. The van der Waals surface area contributed by atoms with Crippen LogP contribution in [0.15, 0.2) is 108 Å².